The maximum absolute atomic E-state index is 12.7. The predicted octanol–water partition coefficient (Wildman–Crippen LogP) is 3.49. The normalized spacial score (nSPS) is 24.4. The van der Waals surface area contributed by atoms with Crippen LogP contribution in [0.2, 0.25) is 0 Å². The molecule has 2 heterocycles. The fourth-order valence-electron chi connectivity index (χ4n) is 2.65. The van der Waals surface area contributed by atoms with Gasteiger partial charge in [-0.1, -0.05) is 26.3 Å². The molecule has 1 aromatic heterocycles. The SMILES string of the molecule is CCCC1NC(c2cccs2)N(C(C)CSCC)C1=O. The number of nitrogens with zero attached hydrogens (tertiary/aromatic N) is 1. The van der Waals surface area contributed by atoms with Crippen LogP contribution in [0.4, 0.5) is 0 Å². The Kier molecular flexibility index (Phi) is 5.93. The minimum Gasteiger partial charge on any atom is -0.317 e. The summed E-state index contributed by atoms with van der Waals surface area (Å²) in [5.74, 6) is 2.38. The average molecular weight is 313 g/mol. The zero-order valence-corrected chi connectivity index (χ0v) is 14.1. The van der Waals surface area contributed by atoms with Crippen LogP contribution in [0, 0.1) is 0 Å². The van der Waals surface area contributed by atoms with E-state index in [1.807, 2.05) is 11.8 Å². The van der Waals surface area contributed by atoms with Crippen LogP contribution in [0.1, 0.15) is 44.7 Å². The minimum atomic E-state index is -0.0128. The van der Waals surface area contributed by atoms with Crippen LogP contribution in [-0.2, 0) is 4.79 Å². The first kappa shape index (κ1) is 15.9. The van der Waals surface area contributed by atoms with Crippen molar-refractivity contribution in [3.05, 3.63) is 22.4 Å². The molecule has 0 spiro atoms. The highest BCUT2D eigenvalue weighted by atomic mass is 32.2. The molecule has 1 aliphatic heterocycles. The molecule has 1 fully saturated rings. The number of amides is 1. The van der Waals surface area contributed by atoms with Crippen LogP contribution in [0.15, 0.2) is 17.5 Å². The van der Waals surface area contributed by atoms with E-state index in [2.05, 4.69) is 48.5 Å². The summed E-state index contributed by atoms with van der Waals surface area (Å²) in [5.41, 5.74) is 0. The van der Waals surface area contributed by atoms with Gasteiger partial charge >= 0.3 is 0 Å². The lowest BCUT2D eigenvalue weighted by molar-refractivity contribution is -0.131. The van der Waals surface area contributed by atoms with Gasteiger partial charge in [0, 0.05) is 16.7 Å². The van der Waals surface area contributed by atoms with E-state index in [0.29, 0.717) is 0 Å². The Hall–Kier alpha value is -0.520. The van der Waals surface area contributed by atoms with Gasteiger partial charge in [-0.15, -0.1) is 11.3 Å². The highest BCUT2D eigenvalue weighted by molar-refractivity contribution is 7.99. The van der Waals surface area contributed by atoms with Gasteiger partial charge in [-0.2, -0.15) is 11.8 Å². The summed E-state index contributed by atoms with van der Waals surface area (Å²) in [6.45, 7) is 6.46. The van der Waals surface area contributed by atoms with E-state index in [-0.39, 0.29) is 24.2 Å². The smallest absolute Gasteiger partial charge is 0.241 e. The van der Waals surface area contributed by atoms with Crippen molar-refractivity contribution in [2.45, 2.75) is 51.9 Å². The summed E-state index contributed by atoms with van der Waals surface area (Å²) in [6.07, 6.45) is 2.02. The molecule has 1 aliphatic rings. The fraction of sp³-hybridized carbons (Fsp3) is 0.667. The zero-order chi connectivity index (χ0) is 14.5. The summed E-state index contributed by atoms with van der Waals surface area (Å²) < 4.78 is 0. The number of thiophene rings is 1. The van der Waals surface area contributed by atoms with Gasteiger partial charge in [0.2, 0.25) is 5.91 Å². The largest absolute Gasteiger partial charge is 0.317 e. The number of thioether (sulfide) groups is 1. The Morgan fingerprint density at radius 3 is 2.90 bits per heavy atom. The number of carbonyl (C=O) groups excluding carboxylic acids is 1. The van der Waals surface area contributed by atoms with Gasteiger partial charge in [0.1, 0.15) is 6.17 Å². The van der Waals surface area contributed by atoms with Gasteiger partial charge in [-0.05, 0) is 30.5 Å². The number of rotatable bonds is 7. The van der Waals surface area contributed by atoms with E-state index in [0.717, 1.165) is 24.3 Å². The third-order valence-corrected chi connectivity index (χ3v) is 5.67. The molecule has 3 nitrogen and oxygen atoms in total. The molecule has 0 aromatic carbocycles. The number of carbonyl (C=O) groups is 1. The first-order valence-corrected chi connectivity index (χ1v) is 9.41. The van der Waals surface area contributed by atoms with Crippen LogP contribution in [0.3, 0.4) is 0 Å². The lowest BCUT2D eigenvalue weighted by atomic mass is 10.1. The maximum Gasteiger partial charge on any atom is 0.241 e. The fourth-order valence-corrected chi connectivity index (χ4v) is 4.17. The van der Waals surface area contributed by atoms with Crippen LogP contribution >= 0.6 is 23.1 Å². The summed E-state index contributed by atoms with van der Waals surface area (Å²) in [7, 11) is 0. The van der Waals surface area contributed by atoms with Crippen LogP contribution < -0.4 is 5.32 Å². The number of nitrogens with one attached hydrogen (secondary N) is 1. The molecule has 1 N–H and O–H groups in total. The molecule has 20 heavy (non-hydrogen) atoms. The predicted molar refractivity (Wildman–Crippen MR) is 88.2 cm³/mol. The monoisotopic (exact) mass is 312 g/mol. The van der Waals surface area contributed by atoms with Crippen molar-refractivity contribution in [2.75, 3.05) is 11.5 Å². The topological polar surface area (TPSA) is 32.3 Å². The molecule has 2 rings (SSSR count). The first-order valence-electron chi connectivity index (χ1n) is 7.38. The zero-order valence-electron chi connectivity index (χ0n) is 12.5. The van der Waals surface area contributed by atoms with Gasteiger partial charge in [-0.3, -0.25) is 10.1 Å². The lowest BCUT2D eigenvalue weighted by Gasteiger charge is -2.29. The van der Waals surface area contributed by atoms with Crippen LogP contribution in [0.25, 0.3) is 0 Å². The van der Waals surface area contributed by atoms with E-state index in [1.165, 1.54) is 4.88 Å². The molecule has 3 atom stereocenters. The second kappa shape index (κ2) is 7.48. The van der Waals surface area contributed by atoms with E-state index >= 15 is 0 Å². The van der Waals surface area contributed by atoms with Crippen LogP contribution in [0.5, 0.6) is 0 Å². The van der Waals surface area contributed by atoms with E-state index in [4.69, 9.17) is 0 Å². The Balaban J connectivity index is 2.16. The van der Waals surface area contributed by atoms with Crippen molar-refractivity contribution in [3.8, 4) is 0 Å². The van der Waals surface area contributed by atoms with Gasteiger partial charge in [0.05, 0.1) is 6.04 Å². The van der Waals surface area contributed by atoms with Crippen molar-refractivity contribution < 1.29 is 4.79 Å². The van der Waals surface area contributed by atoms with Crippen molar-refractivity contribution in [1.29, 1.82) is 0 Å². The highest BCUT2D eigenvalue weighted by Gasteiger charge is 2.41. The third-order valence-electron chi connectivity index (χ3n) is 3.62. The van der Waals surface area contributed by atoms with E-state index < -0.39 is 0 Å². The van der Waals surface area contributed by atoms with Gasteiger partial charge < -0.3 is 4.90 Å². The molecule has 112 valence electrons. The molecule has 0 bridgehead atoms. The molecule has 0 radical (unpaired) electrons. The van der Waals surface area contributed by atoms with Gasteiger partial charge in [0.15, 0.2) is 0 Å². The molecule has 3 unspecified atom stereocenters. The Morgan fingerprint density at radius 1 is 1.50 bits per heavy atom. The average Bonchev–Trinajstić information content (AvgIpc) is 3.05. The van der Waals surface area contributed by atoms with Gasteiger partial charge in [-0.25, -0.2) is 0 Å². The Bertz CT molecular complexity index is 422. The van der Waals surface area contributed by atoms with E-state index in [1.54, 1.807) is 11.3 Å². The molecule has 0 saturated carbocycles. The molecule has 1 aromatic rings. The summed E-state index contributed by atoms with van der Waals surface area (Å²) in [6, 6.07) is 4.44. The third kappa shape index (κ3) is 3.38. The van der Waals surface area contributed by atoms with Crippen molar-refractivity contribution in [3.63, 3.8) is 0 Å². The summed E-state index contributed by atoms with van der Waals surface area (Å²) in [5, 5.41) is 5.61. The second-order valence-electron chi connectivity index (χ2n) is 5.18. The highest BCUT2D eigenvalue weighted by Crippen LogP contribution is 2.32. The lowest BCUT2D eigenvalue weighted by Crippen LogP contribution is -2.39. The molecule has 1 saturated heterocycles. The summed E-state index contributed by atoms with van der Waals surface area (Å²) >= 11 is 3.62. The standard InChI is InChI=1S/C15H24N2OS2/c1-4-7-12-15(18)17(11(3)10-19-5-2)14(16-12)13-8-6-9-20-13/h6,8-9,11-12,14,16H,4-5,7,10H2,1-3H3. The summed E-state index contributed by atoms with van der Waals surface area (Å²) in [4.78, 5) is 16.0. The second-order valence-corrected chi connectivity index (χ2v) is 7.48. The Labute approximate surface area is 130 Å². The minimum absolute atomic E-state index is 0.0128. The van der Waals surface area contributed by atoms with Crippen LogP contribution in [-0.4, -0.2) is 34.4 Å². The number of hydrogen-bond acceptors (Lipinski definition) is 4. The Morgan fingerprint density at radius 2 is 2.30 bits per heavy atom. The molecule has 5 heteroatoms. The molecule has 0 aliphatic carbocycles. The quantitative estimate of drug-likeness (QED) is 0.836. The van der Waals surface area contributed by atoms with E-state index in [9.17, 15) is 4.79 Å². The molecular formula is C15H24N2OS2. The number of hydrogen-bond donors (Lipinski definition) is 1. The maximum atomic E-state index is 12.7. The molecule has 1 amide bonds. The molecular weight excluding hydrogens is 288 g/mol. The van der Waals surface area contributed by atoms with Gasteiger partial charge in [0.25, 0.3) is 0 Å². The van der Waals surface area contributed by atoms with Crippen molar-refractivity contribution in [2.24, 2.45) is 0 Å². The van der Waals surface area contributed by atoms with Crippen molar-refractivity contribution in [1.82, 2.24) is 10.2 Å². The first-order chi connectivity index (χ1) is 9.69. The van der Waals surface area contributed by atoms with Crippen molar-refractivity contribution >= 4 is 29.0 Å².